The minimum atomic E-state index is -5.76. The number of hydrogen-bond acceptors (Lipinski definition) is 6. The zero-order chi connectivity index (χ0) is 37.4. The average Bonchev–Trinajstić information content (AvgIpc) is 3.13. The van der Waals surface area contributed by atoms with Crippen LogP contribution >= 0.6 is 23.2 Å². The number of carbonyl (C=O) groups is 1. The van der Waals surface area contributed by atoms with Crippen molar-refractivity contribution in [3.05, 3.63) is 153 Å². The van der Waals surface area contributed by atoms with E-state index in [2.05, 4.69) is 16.0 Å². The molecule has 12 heteroatoms. The molecule has 0 amide bonds. The van der Waals surface area contributed by atoms with Gasteiger partial charge in [-0.1, -0.05) is 108 Å². The smallest absolute Gasteiger partial charge is 0.388 e. The molecule has 0 aromatic heterocycles. The highest BCUT2D eigenvalue weighted by Gasteiger charge is 2.49. The zero-order valence-electron chi connectivity index (χ0n) is 27.8. The highest BCUT2D eigenvalue weighted by molar-refractivity contribution is 7.87. The molecule has 1 heterocycles. The van der Waals surface area contributed by atoms with Gasteiger partial charge in [0.1, 0.15) is 18.1 Å². The summed E-state index contributed by atoms with van der Waals surface area (Å²) in [5, 5.41) is 10.8. The third-order valence-electron chi connectivity index (χ3n) is 7.52. The largest absolute Gasteiger partial charge is 0.534 e. The topological polar surface area (TPSA) is 89.9 Å². The molecule has 0 radical (unpaired) electrons. The van der Waals surface area contributed by atoms with Crippen LogP contribution in [0.5, 0.6) is 0 Å². The van der Waals surface area contributed by atoms with Gasteiger partial charge < -0.3 is 14.0 Å². The number of halogens is 5. The average molecular weight is 762 g/mol. The van der Waals surface area contributed by atoms with Crippen molar-refractivity contribution in [3.63, 3.8) is 0 Å². The summed E-state index contributed by atoms with van der Waals surface area (Å²) in [4.78, 5) is 10.1. The number of aliphatic hydroxyl groups excluding tert-OH is 1. The van der Waals surface area contributed by atoms with E-state index in [1.807, 2.05) is 67.6 Å². The van der Waals surface area contributed by atoms with Gasteiger partial charge in [0, 0.05) is 27.6 Å². The second-order valence-corrected chi connectivity index (χ2v) is 13.5. The zero-order valence-corrected chi connectivity index (χ0v) is 30.1. The second-order valence-electron chi connectivity index (χ2n) is 11.1. The number of hydrogen-bond donors (Lipinski definition) is 1. The van der Waals surface area contributed by atoms with Crippen LogP contribution in [-0.2, 0) is 19.0 Å². The fourth-order valence-corrected chi connectivity index (χ4v) is 5.69. The predicted octanol–water partition coefficient (Wildman–Crippen LogP) is 10.7. The van der Waals surface area contributed by atoms with Crippen LogP contribution in [0.4, 0.5) is 13.2 Å². The first kappa shape index (κ1) is 41.3. The van der Waals surface area contributed by atoms with E-state index >= 15 is 0 Å². The lowest BCUT2D eigenvalue weighted by Gasteiger charge is -2.34. The Kier molecular flexibility index (Phi) is 16.3. The maximum atomic E-state index is 12.7. The Labute approximate surface area is 307 Å². The Bertz CT molecular complexity index is 1870. The van der Waals surface area contributed by atoms with Gasteiger partial charge in [0.25, 0.3) is 0 Å². The summed E-state index contributed by atoms with van der Waals surface area (Å²) in [5.74, 6) is 5.41. The summed E-state index contributed by atoms with van der Waals surface area (Å²) < 4.78 is 71.6. The second kappa shape index (κ2) is 20.1. The Balaban J connectivity index is 0.000000260. The summed E-state index contributed by atoms with van der Waals surface area (Å²) in [6, 6.07) is 32.4. The SMILES string of the molecule is C/C(OS(=O)(=O)C(F)(F)F)=C1/CC[C@@H](c2ccccc2)O[C@H]1c1ccc(Cl)cc1.CC#CCCC(O)c1ccccc1.O=Cc1ccc(Cl)cc1. The van der Waals surface area contributed by atoms with E-state index in [0.29, 0.717) is 46.0 Å². The van der Waals surface area contributed by atoms with Crippen molar-refractivity contribution in [1.82, 2.24) is 0 Å². The molecule has 6 nitrogen and oxygen atoms in total. The maximum Gasteiger partial charge on any atom is 0.534 e. The Morgan fingerprint density at radius 1 is 0.922 bits per heavy atom. The molecule has 0 aliphatic carbocycles. The lowest BCUT2D eigenvalue weighted by molar-refractivity contribution is -0.0530. The van der Waals surface area contributed by atoms with Gasteiger partial charge in [0.2, 0.25) is 0 Å². The maximum absolute atomic E-state index is 12.7. The number of carbonyl (C=O) groups excluding carboxylic acids is 1. The molecule has 1 aliphatic heterocycles. The van der Waals surface area contributed by atoms with Crippen molar-refractivity contribution < 1.29 is 40.4 Å². The normalized spacial score (nSPS) is 17.2. The lowest BCUT2D eigenvalue weighted by atomic mass is 9.90. The first-order valence-corrected chi connectivity index (χ1v) is 17.9. The van der Waals surface area contributed by atoms with Crippen molar-refractivity contribution in [2.24, 2.45) is 0 Å². The molecule has 1 N–H and O–H groups in total. The molecular weight excluding hydrogens is 724 g/mol. The number of ether oxygens (including phenoxy) is 1. The van der Waals surface area contributed by atoms with E-state index in [9.17, 15) is 31.5 Å². The number of benzene rings is 4. The van der Waals surface area contributed by atoms with Gasteiger partial charge in [0.05, 0.1) is 12.2 Å². The van der Waals surface area contributed by atoms with Gasteiger partial charge >= 0.3 is 15.6 Å². The van der Waals surface area contributed by atoms with Crippen LogP contribution in [0.1, 0.15) is 84.9 Å². The molecule has 1 saturated heterocycles. The number of aliphatic hydroxyl groups is 1. The fraction of sp³-hybridized carbons (Fsp3) is 0.256. The van der Waals surface area contributed by atoms with Crippen LogP contribution in [0.3, 0.4) is 0 Å². The summed E-state index contributed by atoms with van der Waals surface area (Å²) in [6.45, 7) is 3.02. The molecule has 4 aromatic rings. The Hall–Kier alpha value is -4.11. The highest BCUT2D eigenvalue weighted by atomic mass is 35.5. The number of alkyl halides is 3. The van der Waals surface area contributed by atoms with E-state index in [1.54, 1.807) is 48.5 Å². The van der Waals surface area contributed by atoms with Gasteiger partial charge in [0.15, 0.2) is 0 Å². The summed E-state index contributed by atoms with van der Waals surface area (Å²) in [7, 11) is -5.76. The van der Waals surface area contributed by atoms with E-state index in [4.69, 9.17) is 27.9 Å². The fourth-order valence-electron chi connectivity index (χ4n) is 4.91. The van der Waals surface area contributed by atoms with Crippen LogP contribution < -0.4 is 0 Å². The van der Waals surface area contributed by atoms with Crippen LogP contribution in [0.15, 0.2) is 121 Å². The van der Waals surface area contributed by atoms with E-state index in [-0.39, 0.29) is 18.0 Å². The van der Waals surface area contributed by atoms with E-state index in [0.717, 1.165) is 23.8 Å². The number of rotatable bonds is 8. The highest BCUT2D eigenvalue weighted by Crippen LogP contribution is 2.44. The number of allylic oxidation sites excluding steroid dienone is 1. The molecule has 5 rings (SSSR count). The standard InChI is InChI=1S/C20H18ClF3O4S.C12H14O.C7H5ClO/c1-13(28-29(25,26)20(22,23)24)17-11-12-18(14-5-3-2-4-6-14)27-19(17)15-7-9-16(21)10-8-15;1-2-3-5-10-12(13)11-8-6-4-7-9-11;8-7-3-1-6(5-9)2-4-7/h2-10,18-19H,11-12H2,1H3;4,6-9,12-13H,5,10H2,1H3;1-5H/b17-13+;;/t18-,19-;;/m0../s1. The lowest BCUT2D eigenvalue weighted by Crippen LogP contribution is -2.26. The minimum absolute atomic E-state index is 0.298. The summed E-state index contributed by atoms with van der Waals surface area (Å²) in [5.41, 5.74) is -1.98. The van der Waals surface area contributed by atoms with Crippen molar-refractivity contribution in [3.8, 4) is 11.8 Å². The molecule has 1 fully saturated rings. The van der Waals surface area contributed by atoms with Gasteiger partial charge in [-0.15, -0.1) is 11.8 Å². The molecule has 51 heavy (non-hydrogen) atoms. The van der Waals surface area contributed by atoms with Gasteiger partial charge in [-0.25, -0.2) is 0 Å². The van der Waals surface area contributed by atoms with E-state index < -0.39 is 21.7 Å². The first-order chi connectivity index (χ1) is 24.3. The van der Waals surface area contributed by atoms with Crippen LogP contribution in [0, 0.1) is 11.8 Å². The van der Waals surface area contributed by atoms with Crippen LogP contribution in [-0.4, -0.2) is 25.3 Å². The monoisotopic (exact) mass is 760 g/mol. The summed E-state index contributed by atoms with van der Waals surface area (Å²) in [6.07, 6.45) is 1.60. The molecule has 1 aliphatic rings. The Morgan fingerprint density at radius 2 is 1.47 bits per heavy atom. The quantitative estimate of drug-likeness (QED) is 0.0632. The van der Waals surface area contributed by atoms with Crippen LogP contribution in [0.25, 0.3) is 0 Å². The van der Waals surface area contributed by atoms with Crippen molar-refractivity contribution in [1.29, 1.82) is 0 Å². The summed E-state index contributed by atoms with van der Waals surface area (Å²) >= 11 is 11.5. The van der Waals surface area contributed by atoms with Crippen molar-refractivity contribution in [2.45, 2.75) is 63.4 Å². The number of aldehydes is 1. The third-order valence-corrected chi connectivity index (χ3v) is 9.06. The molecular formula is C39H37Cl2F3O6S. The molecule has 270 valence electrons. The molecule has 0 spiro atoms. The first-order valence-electron chi connectivity index (χ1n) is 15.7. The van der Waals surface area contributed by atoms with Crippen molar-refractivity contribution in [2.75, 3.05) is 0 Å². The predicted molar refractivity (Wildman–Crippen MR) is 193 cm³/mol. The molecule has 3 atom stereocenters. The molecule has 0 saturated carbocycles. The minimum Gasteiger partial charge on any atom is -0.388 e. The van der Waals surface area contributed by atoms with Gasteiger partial charge in [-0.05, 0) is 74.1 Å². The third kappa shape index (κ3) is 13.2. The Morgan fingerprint density at radius 3 is 2.00 bits per heavy atom. The van der Waals surface area contributed by atoms with Crippen LogP contribution in [0.2, 0.25) is 10.0 Å². The molecule has 0 bridgehead atoms. The molecule has 1 unspecified atom stereocenters. The molecule has 4 aromatic carbocycles. The van der Waals surface area contributed by atoms with E-state index in [1.165, 1.54) is 6.92 Å². The van der Waals surface area contributed by atoms with Crippen molar-refractivity contribution >= 4 is 39.6 Å². The van der Waals surface area contributed by atoms with Gasteiger partial charge in [-0.3, -0.25) is 4.79 Å². The van der Waals surface area contributed by atoms with Gasteiger partial charge in [-0.2, -0.15) is 21.6 Å².